The van der Waals surface area contributed by atoms with Crippen LogP contribution in [0.5, 0.6) is 0 Å². The van der Waals surface area contributed by atoms with Gasteiger partial charge >= 0.3 is 0 Å². The van der Waals surface area contributed by atoms with Gasteiger partial charge in [0.25, 0.3) is 11.6 Å². The number of nitrogens with zero attached hydrogens (tertiary/aromatic N) is 2. The van der Waals surface area contributed by atoms with Crippen molar-refractivity contribution in [3.8, 4) is 0 Å². The van der Waals surface area contributed by atoms with Gasteiger partial charge in [0, 0.05) is 17.6 Å². The molecule has 1 aromatic carbocycles. The van der Waals surface area contributed by atoms with E-state index >= 15 is 0 Å². The predicted molar refractivity (Wildman–Crippen MR) is 79.1 cm³/mol. The fourth-order valence-corrected chi connectivity index (χ4v) is 2.54. The molecule has 21 heavy (non-hydrogen) atoms. The number of alkyl halides is 1. The van der Waals surface area contributed by atoms with Crippen molar-refractivity contribution in [2.24, 2.45) is 0 Å². The van der Waals surface area contributed by atoms with E-state index in [4.69, 9.17) is 27.9 Å². The lowest BCUT2D eigenvalue weighted by atomic mass is 10.1. The SMILES string of the molecule is CC1COC(CCl)CN1C(=O)c1ccc(Cl)cc1[N+](=O)[O-]. The molecule has 2 unspecified atom stereocenters. The number of hydrogen-bond donors (Lipinski definition) is 0. The topological polar surface area (TPSA) is 72.7 Å². The summed E-state index contributed by atoms with van der Waals surface area (Å²) in [5, 5.41) is 11.3. The Labute approximate surface area is 131 Å². The zero-order valence-electron chi connectivity index (χ0n) is 11.3. The van der Waals surface area contributed by atoms with E-state index in [-0.39, 0.29) is 34.3 Å². The highest BCUT2D eigenvalue weighted by atomic mass is 35.5. The highest BCUT2D eigenvalue weighted by Gasteiger charge is 2.33. The van der Waals surface area contributed by atoms with Crippen molar-refractivity contribution in [3.63, 3.8) is 0 Å². The predicted octanol–water partition coefficient (Wildman–Crippen LogP) is 2.72. The molecule has 6 nitrogen and oxygen atoms in total. The molecule has 1 aliphatic heterocycles. The first kappa shape index (κ1) is 16.0. The third-order valence-electron chi connectivity index (χ3n) is 3.33. The lowest BCUT2D eigenvalue weighted by molar-refractivity contribution is -0.385. The summed E-state index contributed by atoms with van der Waals surface area (Å²) in [4.78, 5) is 24.6. The summed E-state index contributed by atoms with van der Waals surface area (Å²) >= 11 is 11.5. The molecule has 0 bridgehead atoms. The second-order valence-corrected chi connectivity index (χ2v) is 5.58. The van der Waals surface area contributed by atoms with E-state index in [2.05, 4.69) is 0 Å². The molecule has 8 heteroatoms. The second-order valence-electron chi connectivity index (χ2n) is 4.83. The molecule has 2 atom stereocenters. The van der Waals surface area contributed by atoms with Gasteiger partial charge in [-0.15, -0.1) is 11.6 Å². The van der Waals surface area contributed by atoms with Crippen LogP contribution < -0.4 is 0 Å². The van der Waals surface area contributed by atoms with E-state index in [0.717, 1.165) is 0 Å². The fraction of sp³-hybridized carbons (Fsp3) is 0.462. The number of nitro groups is 1. The Kier molecular flexibility index (Phi) is 5.03. The maximum Gasteiger partial charge on any atom is 0.283 e. The minimum atomic E-state index is -0.608. The molecule has 0 aromatic heterocycles. The molecule has 1 aliphatic rings. The zero-order valence-corrected chi connectivity index (χ0v) is 12.8. The summed E-state index contributed by atoms with van der Waals surface area (Å²) in [7, 11) is 0. The summed E-state index contributed by atoms with van der Waals surface area (Å²) in [5.41, 5.74) is -0.278. The van der Waals surface area contributed by atoms with Crippen LogP contribution >= 0.6 is 23.2 Å². The molecule has 114 valence electrons. The molecular weight excluding hydrogens is 319 g/mol. The van der Waals surface area contributed by atoms with Gasteiger partial charge in [0.1, 0.15) is 5.56 Å². The number of carbonyl (C=O) groups is 1. The van der Waals surface area contributed by atoms with Gasteiger partial charge in [0.15, 0.2) is 0 Å². The first-order valence-electron chi connectivity index (χ1n) is 6.36. The first-order valence-corrected chi connectivity index (χ1v) is 7.27. The van der Waals surface area contributed by atoms with Crippen LogP contribution in [0.15, 0.2) is 18.2 Å². The van der Waals surface area contributed by atoms with Gasteiger partial charge in [0.2, 0.25) is 0 Å². The smallest absolute Gasteiger partial charge is 0.283 e. The van der Waals surface area contributed by atoms with Crippen LogP contribution in [-0.4, -0.2) is 46.9 Å². The van der Waals surface area contributed by atoms with Crippen LogP contribution in [0.25, 0.3) is 0 Å². The van der Waals surface area contributed by atoms with Gasteiger partial charge in [-0.25, -0.2) is 0 Å². The summed E-state index contributed by atoms with van der Waals surface area (Å²) in [6.07, 6.45) is -0.266. The van der Waals surface area contributed by atoms with Crippen LogP contribution in [0.1, 0.15) is 17.3 Å². The van der Waals surface area contributed by atoms with E-state index < -0.39 is 10.8 Å². The third-order valence-corrected chi connectivity index (χ3v) is 3.90. The highest BCUT2D eigenvalue weighted by Crippen LogP contribution is 2.26. The molecular formula is C13H14Cl2N2O4. The minimum absolute atomic E-state index is 0.0199. The largest absolute Gasteiger partial charge is 0.373 e. The number of hydrogen-bond acceptors (Lipinski definition) is 4. The van der Waals surface area contributed by atoms with Crippen molar-refractivity contribution < 1.29 is 14.5 Å². The van der Waals surface area contributed by atoms with Crippen molar-refractivity contribution in [1.29, 1.82) is 0 Å². The van der Waals surface area contributed by atoms with Crippen LogP contribution in [0.4, 0.5) is 5.69 Å². The van der Waals surface area contributed by atoms with Gasteiger partial charge in [0.05, 0.1) is 29.6 Å². The number of ether oxygens (including phenoxy) is 1. The van der Waals surface area contributed by atoms with Gasteiger partial charge in [-0.05, 0) is 19.1 Å². The van der Waals surface area contributed by atoms with E-state index in [1.54, 1.807) is 4.90 Å². The molecule has 1 saturated heterocycles. The van der Waals surface area contributed by atoms with E-state index in [9.17, 15) is 14.9 Å². The average molecular weight is 333 g/mol. The minimum Gasteiger partial charge on any atom is -0.373 e. The molecule has 0 aliphatic carbocycles. The molecule has 2 rings (SSSR count). The normalized spacial score (nSPS) is 22.1. The monoisotopic (exact) mass is 332 g/mol. The second kappa shape index (κ2) is 6.60. The Morgan fingerprint density at radius 1 is 1.57 bits per heavy atom. The fourth-order valence-electron chi connectivity index (χ4n) is 2.19. The van der Waals surface area contributed by atoms with Crippen molar-refractivity contribution in [2.75, 3.05) is 19.0 Å². The van der Waals surface area contributed by atoms with Crippen molar-refractivity contribution in [2.45, 2.75) is 19.1 Å². The maximum absolute atomic E-state index is 12.6. The Morgan fingerprint density at radius 3 is 2.90 bits per heavy atom. The quantitative estimate of drug-likeness (QED) is 0.484. The standard InChI is InChI=1S/C13H14Cl2N2O4/c1-8-7-21-10(5-14)6-16(8)13(18)11-3-2-9(15)4-12(11)17(19)20/h2-4,8,10H,5-7H2,1H3. The number of carbonyl (C=O) groups excluding carboxylic acids is 1. The number of halogens is 2. The molecule has 1 aromatic rings. The number of benzene rings is 1. The molecule has 0 saturated carbocycles. The first-order chi connectivity index (χ1) is 9.93. The zero-order chi connectivity index (χ0) is 15.6. The van der Waals surface area contributed by atoms with Crippen molar-refractivity contribution >= 4 is 34.8 Å². The summed E-state index contributed by atoms with van der Waals surface area (Å²) < 4.78 is 5.47. The van der Waals surface area contributed by atoms with E-state index in [1.165, 1.54) is 18.2 Å². The van der Waals surface area contributed by atoms with Gasteiger partial charge in [-0.2, -0.15) is 0 Å². The Bertz CT molecular complexity index is 567. The Balaban J connectivity index is 2.32. The van der Waals surface area contributed by atoms with Crippen LogP contribution in [-0.2, 0) is 4.74 Å². The van der Waals surface area contributed by atoms with Crippen LogP contribution in [0.3, 0.4) is 0 Å². The Morgan fingerprint density at radius 2 is 2.29 bits per heavy atom. The summed E-state index contributed by atoms with van der Waals surface area (Å²) in [5.74, 6) is -0.150. The molecule has 0 spiro atoms. The van der Waals surface area contributed by atoms with Gasteiger partial charge < -0.3 is 9.64 Å². The molecule has 1 heterocycles. The van der Waals surface area contributed by atoms with Gasteiger partial charge in [-0.1, -0.05) is 11.6 Å². The van der Waals surface area contributed by atoms with Crippen LogP contribution in [0, 0.1) is 10.1 Å². The average Bonchev–Trinajstić information content (AvgIpc) is 2.47. The molecule has 1 amide bonds. The van der Waals surface area contributed by atoms with E-state index in [1.807, 2.05) is 6.92 Å². The van der Waals surface area contributed by atoms with Gasteiger partial charge in [-0.3, -0.25) is 14.9 Å². The lowest BCUT2D eigenvalue weighted by Gasteiger charge is -2.37. The summed E-state index contributed by atoms with van der Waals surface area (Å²) in [6, 6.07) is 3.85. The maximum atomic E-state index is 12.6. The molecule has 0 radical (unpaired) electrons. The van der Waals surface area contributed by atoms with Crippen LogP contribution in [0.2, 0.25) is 5.02 Å². The Hall–Kier alpha value is -1.37. The number of nitro benzene ring substituents is 1. The number of amides is 1. The van der Waals surface area contributed by atoms with Crippen molar-refractivity contribution in [1.82, 2.24) is 4.90 Å². The highest BCUT2D eigenvalue weighted by molar-refractivity contribution is 6.31. The van der Waals surface area contributed by atoms with Crippen molar-refractivity contribution in [3.05, 3.63) is 38.9 Å². The lowest BCUT2D eigenvalue weighted by Crippen LogP contribution is -2.51. The van der Waals surface area contributed by atoms with E-state index in [0.29, 0.717) is 13.2 Å². The number of morpholine rings is 1. The summed E-state index contributed by atoms with van der Waals surface area (Å²) in [6.45, 7) is 2.48. The molecule has 0 N–H and O–H groups in total. The number of rotatable bonds is 3. The molecule has 1 fully saturated rings. The third kappa shape index (κ3) is 3.45.